The molecule has 0 heterocycles. The Balaban J connectivity index is 3.72. The number of rotatable bonds is 5. The summed E-state index contributed by atoms with van der Waals surface area (Å²) in [6, 6.07) is 0. The van der Waals surface area contributed by atoms with Crippen LogP contribution in [0.1, 0.15) is 26.7 Å². The average molecular weight is 195 g/mol. The molecule has 1 unspecified atom stereocenters. The van der Waals surface area contributed by atoms with Crippen molar-refractivity contribution >= 4 is 13.7 Å². The first-order valence-electron chi connectivity index (χ1n) is 3.71. The highest BCUT2D eigenvalue weighted by Crippen LogP contribution is 2.38. The first-order valence-corrected chi connectivity index (χ1v) is 5.32. The van der Waals surface area contributed by atoms with Crippen LogP contribution in [0.4, 0.5) is 0 Å². The predicted octanol–water partition coefficient (Wildman–Crippen LogP) is 1.43. The molecule has 5 nitrogen and oxygen atoms in total. The van der Waals surface area contributed by atoms with E-state index >= 15 is 0 Å². The Morgan fingerprint density at radius 2 is 2.17 bits per heavy atom. The van der Waals surface area contributed by atoms with E-state index in [1.165, 1.54) is 0 Å². The summed E-state index contributed by atoms with van der Waals surface area (Å²) in [7, 11) is -3.63. The van der Waals surface area contributed by atoms with Crippen molar-refractivity contribution in [3.63, 3.8) is 0 Å². The molecule has 0 saturated carbocycles. The first-order chi connectivity index (χ1) is 5.48. The van der Waals surface area contributed by atoms with Crippen LogP contribution in [-0.2, 0) is 18.4 Å². The van der Waals surface area contributed by atoms with Crippen molar-refractivity contribution in [1.82, 2.24) is 0 Å². The highest BCUT2D eigenvalue weighted by atomic mass is 31.2. The number of carbonyl (C=O) groups is 1. The maximum absolute atomic E-state index is 11.0. The van der Waals surface area contributed by atoms with E-state index in [-0.39, 0.29) is 6.61 Å². The molecular weight excluding hydrogens is 181 g/mol. The summed E-state index contributed by atoms with van der Waals surface area (Å²) >= 11 is 0. The summed E-state index contributed by atoms with van der Waals surface area (Å²) in [4.78, 5) is 10.3. The van der Waals surface area contributed by atoms with Gasteiger partial charge in [-0.25, -0.2) is 10.1 Å². The molecule has 0 aliphatic carbocycles. The standard InChI is InChI=1S/C6H14NO4P/c1-3-4-5-10-12(7,9)11-6(2)8/h3-5H2,1-2H3,(H2,7,9). The number of carbonyl (C=O) groups excluding carboxylic acids is 1. The van der Waals surface area contributed by atoms with Crippen molar-refractivity contribution < 1.29 is 18.4 Å². The van der Waals surface area contributed by atoms with Gasteiger partial charge in [-0.15, -0.1) is 0 Å². The molecule has 12 heavy (non-hydrogen) atoms. The molecule has 0 aromatic rings. The smallest absolute Gasteiger partial charge is 0.380 e. The molecule has 0 aromatic carbocycles. The number of hydrogen-bond acceptors (Lipinski definition) is 4. The van der Waals surface area contributed by atoms with Gasteiger partial charge in [0, 0.05) is 6.92 Å². The molecule has 72 valence electrons. The zero-order chi connectivity index (χ0) is 9.61. The molecule has 0 fully saturated rings. The van der Waals surface area contributed by atoms with E-state index < -0.39 is 13.7 Å². The minimum absolute atomic E-state index is 0.248. The fourth-order valence-corrected chi connectivity index (χ4v) is 1.34. The average Bonchev–Trinajstić information content (AvgIpc) is 1.84. The molecule has 0 bridgehead atoms. The van der Waals surface area contributed by atoms with E-state index in [9.17, 15) is 9.36 Å². The summed E-state index contributed by atoms with van der Waals surface area (Å²) in [5.41, 5.74) is 5.05. The third-order valence-corrected chi connectivity index (χ3v) is 2.08. The van der Waals surface area contributed by atoms with Crippen molar-refractivity contribution in [1.29, 1.82) is 0 Å². The van der Waals surface area contributed by atoms with Gasteiger partial charge in [0.05, 0.1) is 6.61 Å². The van der Waals surface area contributed by atoms with Crippen LogP contribution in [0, 0.1) is 0 Å². The molecular formula is C6H14NO4P. The summed E-state index contributed by atoms with van der Waals surface area (Å²) in [5.74, 6) is -0.697. The Morgan fingerprint density at radius 1 is 1.58 bits per heavy atom. The van der Waals surface area contributed by atoms with E-state index in [0.717, 1.165) is 19.8 Å². The first kappa shape index (κ1) is 11.6. The Bertz CT molecular complexity index is 194. The van der Waals surface area contributed by atoms with Crippen molar-refractivity contribution in [2.24, 2.45) is 5.50 Å². The second-order valence-electron chi connectivity index (χ2n) is 2.31. The molecule has 6 heteroatoms. The van der Waals surface area contributed by atoms with Gasteiger partial charge in [0.15, 0.2) is 0 Å². The Kier molecular flexibility index (Phi) is 5.13. The number of hydrogen-bond donors (Lipinski definition) is 1. The lowest BCUT2D eigenvalue weighted by atomic mass is 10.4. The van der Waals surface area contributed by atoms with Gasteiger partial charge in [0.25, 0.3) is 0 Å². The number of unbranched alkanes of at least 4 members (excludes halogenated alkanes) is 1. The molecule has 2 N–H and O–H groups in total. The van der Waals surface area contributed by atoms with Crippen LogP contribution in [-0.4, -0.2) is 12.6 Å². The zero-order valence-electron chi connectivity index (χ0n) is 7.28. The normalized spacial score (nSPS) is 15.2. The molecule has 0 radical (unpaired) electrons. The lowest BCUT2D eigenvalue weighted by Crippen LogP contribution is -2.08. The predicted molar refractivity (Wildman–Crippen MR) is 44.4 cm³/mol. The molecule has 0 aliphatic rings. The minimum Gasteiger partial charge on any atom is -0.380 e. The van der Waals surface area contributed by atoms with Crippen LogP contribution in [0.5, 0.6) is 0 Å². The summed E-state index contributed by atoms with van der Waals surface area (Å²) < 4.78 is 19.9. The van der Waals surface area contributed by atoms with Crippen LogP contribution < -0.4 is 5.50 Å². The van der Waals surface area contributed by atoms with Crippen LogP contribution >= 0.6 is 7.75 Å². The van der Waals surface area contributed by atoms with Crippen LogP contribution in [0.2, 0.25) is 0 Å². The third kappa shape index (κ3) is 6.34. The Morgan fingerprint density at radius 3 is 2.58 bits per heavy atom. The maximum Gasteiger partial charge on any atom is 0.458 e. The molecule has 0 aliphatic heterocycles. The second kappa shape index (κ2) is 5.30. The fourth-order valence-electron chi connectivity index (χ4n) is 0.542. The quantitative estimate of drug-likeness (QED) is 0.530. The van der Waals surface area contributed by atoms with Crippen molar-refractivity contribution in [3.05, 3.63) is 0 Å². The lowest BCUT2D eigenvalue weighted by molar-refractivity contribution is -0.132. The van der Waals surface area contributed by atoms with Gasteiger partial charge in [0.1, 0.15) is 0 Å². The van der Waals surface area contributed by atoms with Crippen LogP contribution in [0.15, 0.2) is 0 Å². The molecule has 0 rings (SSSR count). The largest absolute Gasteiger partial charge is 0.458 e. The van der Waals surface area contributed by atoms with E-state index in [1.807, 2.05) is 6.92 Å². The van der Waals surface area contributed by atoms with Gasteiger partial charge in [-0.2, -0.15) is 0 Å². The maximum atomic E-state index is 11.0. The summed E-state index contributed by atoms with van der Waals surface area (Å²) in [6.07, 6.45) is 1.64. The minimum atomic E-state index is -3.63. The zero-order valence-corrected chi connectivity index (χ0v) is 8.17. The van der Waals surface area contributed by atoms with E-state index in [0.29, 0.717) is 0 Å². The fraction of sp³-hybridized carbons (Fsp3) is 0.833. The van der Waals surface area contributed by atoms with Gasteiger partial charge < -0.3 is 4.52 Å². The molecule has 0 amide bonds. The van der Waals surface area contributed by atoms with Crippen molar-refractivity contribution in [3.8, 4) is 0 Å². The highest BCUT2D eigenvalue weighted by Gasteiger charge is 2.20. The van der Waals surface area contributed by atoms with Gasteiger partial charge in [-0.1, -0.05) is 13.3 Å². The van der Waals surface area contributed by atoms with Gasteiger partial charge in [-0.3, -0.25) is 9.32 Å². The monoisotopic (exact) mass is 195 g/mol. The van der Waals surface area contributed by atoms with Gasteiger partial charge in [-0.05, 0) is 6.42 Å². The third-order valence-electron chi connectivity index (χ3n) is 1.02. The lowest BCUT2D eigenvalue weighted by Gasteiger charge is -2.10. The van der Waals surface area contributed by atoms with Crippen LogP contribution in [0.25, 0.3) is 0 Å². The van der Waals surface area contributed by atoms with Crippen molar-refractivity contribution in [2.45, 2.75) is 26.7 Å². The Labute approximate surface area is 71.8 Å². The molecule has 1 atom stereocenters. The van der Waals surface area contributed by atoms with Crippen LogP contribution in [0.3, 0.4) is 0 Å². The second-order valence-corrected chi connectivity index (χ2v) is 3.83. The van der Waals surface area contributed by atoms with Gasteiger partial charge >= 0.3 is 13.7 Å². The summed E-state index contributed by atoms with van der Waals surface area (Å²) in [6.45, 7) is 3.33. The van der Waals surface area contributed by atoms with E-state index in [1.54, 1.807) is 0 Å². The SMILES string of the molecule is CCCCOP(N)(=O)OC(C)=O. The molecule has 0 spiro atoms. The summed E-state index contributed by atoms with van der Waals surface area (Å²) in [5, 5.41) is 0. The van der Waals surface area contributed by atoms with E-state index in [2.05, 4.69) is 9.05 Å². The highest BCUT2D eigenvalue weighted by molar-refractivity contribution is 7.51. The van der Waals surface area contributed by atoms with Gasteiger partial charge in [0.2, 0.25) is 0 Å². The Hall–Kier alpha value is -0.380. The van der Waals surface area contributed by atoms with E-state index in [4.69, 9.17) is 5.50 Å². The molecule has 0 saturated heterocycles. The van der Waals surface area contributed by atoms with Crippen molar-refractivity contribution in [2.75, 3.05) is 6.61 Å². The molecule has 0 aromatic heterocycles. The number of nitrogens with two attached hydrogens (primary N) is 1. The topological polar surface area (TPSA) is 78.6 Å².